The summed E-state index contributed by atoms with van der Waals surface area (Å²) >= 11 is 1.99. The number of hydrogen-bond acceptors (Lipinski definition) is 3. The molecule has 3 rings (SSSR count). The number of rotatable bonds is 3. The van der Waals surface area contributed by atoms with Crippen molar-refractivity contribution < 1.29 is 4.79 Å². The lowest BCUT2D eigenvalue weighted by Crippen LogP contribution is -2.44. The predicted octanol–water partition coefficient (Wildman–Crippen LogP) is 1.58. The van der Waals surface area contributed by atoms with Crippen LogP contribution in [0, 0.1) is 0 Å². The first-order valence-corrected chi connectivity index (χ1v) is 7.60. The van der Waals surface area contributed by atoms with E-state index in [9.17, 15) is 4.79 Å². The van der Waals surface area contributed by atoms with Crippen molar-refractivity contribution in [2.45, 2.75) is 56.8 Å². The highest BCUT2D eigenvalue weighted by Gasteiger charge is 2.60. The Labute approximate surface area is 101 Å². The summed E-state index contributed by atoms with van der Waals surface area (Å²) in [6.07, 6.45) is 5.88. The SMILES string of the molecule is CCCC1NC2(CC2)C(=O)N1C1CCSC1. The number of thioether (sulfide) groups is 1. The number of amides is 1. The summed E-state index contributed by atoms with van der Waals surface area (Å²) in [5.41, 5.74) is -0.118. The van der Waals surface area contributed by atoms with Gasteiger partial charge in [0.25, 0.3) is 0 Å². The molecule has 3 aliphatic rings. The van der Waals surface area contributed by atoms with Gasteiger partial charge < -0.3 is 4.90 Å². The van der Waals surface area contributed by atoms with E-state index in [0.29, 0.717) is 18.1 Å². The standard InChI is InChI=1S/C12H20N2OS/c1-2-3-10-13-12(5-6-12)11(15)14(10)9-4-7-16-8-9/h9-10,13H,2-8H2,1H3. The Morgan fingerprint density at radius 2 is 2.38 bits per heavy atom. The Morgan fingerprint density at radius 3 is 2.94 bits per heavy atom. The molecule has 1 amide bonds. The number of carbonyl (C=O) groups is 1. The van der Waals surface area contributed by atoms with Crippen molar-refractivity contribution in [2.24, 2.45) is 0 Å². The molecule has 3 fully saturated rings. The van der Waals surface area contributed by atoms with Crippen molar-refractivity contribution >= 4 is 17.7 Å². The molecule has 1 saturated carbocycles. The highest BCUT2D eigenvalue weighted by Crippen LogP contribution is 2.44. The predicted molar refractivity (Wildman–Crippen MR) is 66.4 cm³/mol. The molecule has 2 saturated heterocycles. The van der Waals surface area contributed by atoms with Crippen LogP contribution in [0.15, 0.2) is 0 Å². The van der Waals surface area contributed by atoms with E-state index in [1.807, 2.05) is 11.8 Å². The van der Waals surface area contributed by atoms with Crippen LogP contribution in [0.1, 0.15) is 39.0 Å². The van der Waals surface area contributed by atoms with Crippen molar-refractivity contribution in [1.82, 2.24) is 10.2 Å². The van der Waals surface area contributed by atoms with E-state index < -0.39 is 0 Å². The quantitative estimate of drug-likeness (QED) is 0.813. The molecule has 3 nitrogen and oxygen atoms in total. The Morgan fingerprint density at radius 1 is 1.56 bits per heavy atom. The van der Waals surface area contributed by atoms with Crippen LogP contribution in [0.3, 0.4) is 0 Å². The molecule has 1 aliphatic carbocycles. The normalized spacial score (nSPS) is 36.3. The van der Waals surface area contributed by atoms with Gasteiger partial charge in [0, 0.05) is 11.8 Å². The van der Waals surface area contributed by atoms with Crippen LogP contribution < -0.4 is 5.32 Å². The van der Waals surface area contributed by atoms with E-state index in [0.717, 1.165) is 31.4 Å². The van der Waals surface area contributed by atoms with E-state index >= 15 is 0 Å². The fraction of sp³-hybridized carbons (Fsp3) is 0.917. The highest BCUT2D eigenvalue weighted by molar-refractivity contribution is 7.99. The fourth-order valence-electron chi connectivity index (χ4n) is 2.97. The largest absolute Gasteiger partial charge is 0.322 e. The van der Waals surface area contributed by atoms with E-state index in [1.165, 1.54) is 12.2 Å². The summed E-state index contributed by atoms with van der Waals surface area (Å²) < 4.78 is 0. The van der Waals surface area contributed by atoms with Gasteiger partial charge in [0.15, 0.2) is 0 Å². The summed E-state index contributed by atoms with van der Waals surface area (Å²) in [5.74, 6) is 2.77. The van der Waals surface area contributed by atoms with Gasteiger partial charge in [0.2, 0.25) is 5.91 Å². The van der Waals surface area contributed by atoms with Crippen molar-refractivity contribution in [2.75, 3.05) is 11.5 Å². The monoisotopic (exact) mass is 240 g/mol. The third kappa shape index (κ3) is 1.58. The molecule has 1 spiro atoms. The molecule has 0 aromatic carbocycles. The number of hydrogen-bond donors (Lipinski definition) is 1. The van der Waals surface area contributed by atoms with Gasteiger partial charge in [-0.1, -0.05) is 13.3 Å². The maximum Gasteiger partial charge on any atom is 0.244 e. The summed E-state index contributed by atoms with van der Waals surface area (Å²) in [5, 5.41) is 3.59. The van der Waals surface area contributed by atoms with Gasteiger partial charge in [-0.15, -0.1) is 0 Å². The molecule has 2 unspecified atom stereocenters. The Kier molecular flexibility index (Phi) is 2.67. The maximum absolute atomic E-state index is 12.4. The third-order valence-electron chi connectivity index (χ3n) is 4.03. The molecule has 2 heterocycles. The first-order valence-electron chi connectivity index (χ1n) is 6.45. The average molecular weight is 240 g/mol. The van der Waals surface area contributed by atoms with E-state index in [4.69, 9.17) is 0 Å². The molecule has 16 heavy (non-hydrogen) atoms. The average Bonchev–Trinajstić information content (AvgIpc) is 2.74. The molecule has 2 aliphatic heterocycles. The van der Waals surface area contributed by atoms with Crippen molar-refractivity contribution in [3.05, 3.63) is 0 Å². The topological polar surface area (TPSA) is 32.3 Å². The lowest BCUT2D eigenvalue weighted by Gasteiger charge is -2.29. The second-order valence-electron chi connectivity index (χ2n) is 5.26. The summed E-state index contributed by atoms with van der Waals surface area (Å²) in [4.78, 5) is 14.6. The number of nitrogens with one attached hydrogen (secondary N) is 1. The van der Waals surface area contributed by atoms with E-state index in [-0.39, 0.29) is 5.54 Å². The van der Waals surface area contributed by atoms with Crippen LogP contribution >= 0.6 is 11.8 Å². The summed E-state index contributed by atoms with van der Waals surface area (Å²) in [6, 6.07) is 0.501. The Bertz CT molecular complexity index is 297. The van der Waals surface area contributed by atoms with Crippen LogP contribution in [0.2, 0.25) is 0 Å². The highest BCUT2D eigenvalue weighted by atomic mass is 32.2. The number of carbonyl (C=O) groups excluding carboxylic acids is 1. The second-order valence-corrected chi connectivity index (χ2v) is 6.41. The zero-order chi connectivity index (χ0) is 11.2. The lowest BCUT2D eigenvalue weighted by atomic mass is 10.1. The number of nitrogens with zero attached hydrogens (tertiary/aromatic N) is 1. The lowest BCUT2D eigenvalue weighted by molar-refractivity contribution is -0.132. The van der Waals surface area contributed by atoms with Crippen LogP contribution in [-0.4, -0.2) is 40.1 Å². The first-order chi connectivity index (χ1) is 7.77. The van der Waals surface area contributed by atoms with Crippen LogP contribution in [0.4, 0.5) is 0 Å². The molecule has 1 N–H and O–H groups in total. The van der Waals surface area contributed by atoms with Crippen LogP contribution in [0.5, 0.6) is 0 Å². The summed E-state index contributed by atoms with van der Waals surface area (Å²) in [6.45, 7) is 2.20. The van der Waals surface area contributed by atoms with Crippen molar-refractivity contribution in [3.8, 4) is 0 Å². The minimum absolute atomic E-state index is 0.118. The first kappa shape index (κ1) is 10.9. The minimum Gasteiger partial charge on any atom is -0.322 e. The van der Waals surface area contributed by atoms with E-state index in [1.54, 1.807) is 0 Å². The third-order valence-corrected chi connectivity index (χ3v) is 5.18. The maximum atomic E-state index is 12.4. The summed E-state index contributed by atoms with van der Waals surface area (Å²) in [7, 11) is 0. The zero-order valence-electron chi connectivity index (χ0n) is 9.87. The Hall–Kier alpha value is -0.220. The van der Waals surface area contributed by atoms with Gasteiger partial charge in [0.1, 0.15) is 0 Å². The second kappa shape index (κ2) is 3.91. The van der Waals surface area contributed by atoms with Gasteiger partial charge in [-0.25, -0.2) is 0 Å². The van der Waals surface area contributed by atoms with Crippen LogP contribution in [-0.2, 0) is 4.79 Å². The fourth-order valence-corrected chi connectivity index (χ4v) is 4.17. The molecular weight excluding hydrogens is 220 g/mol. The van der Waals surface area contributed by atoms with Crippen LogP contribution in [0.25, 0.3) is 0 Å². The van der Waals surface area contributed by atoms with Gasteiger partial charge >= 0.3 is 0 Å². The molecule has 0 aromatic heterocycles. The van der Waals surface area contributed by atoms with E-state index in [2.05, 4.69) is 17.1 Å². The molecule has 0 bridgehead atoms. The zero-order valence-corrected chi connectivity index (χ0v) is 10.7. The van der Waals surface area contributed by atoms with Gasteiger partial charge in [0.05, 0.1) is 11.7 Å². The van der Waals surface area contributed by atoms with Crippen molar-refractivity contribution in [3.63, 3.8) is 0 Å². The Balaban J connectivity index is 1.78. The minimum atomic E-state index is -0.118. The molecule has 4 heteroatoms. The van der Waals surface area contributed by atoms with Gasteiger partial charge in [-0.2, -0.15) is 11.8 Å². The molecule has 0 aromatic rings. The molecule has 0 radical (unpaired) electrons. The van der Waals surface area contributed by atoms with Crippen molar-refractivity contribution in [1.29, 1.82) is 0 Å². The molecular formula is C12H20N2OS. The molecule has 90 valence electrons. The van der Waals surface area contributed by atoms with Gasteiger partial charge in [-0.3, -0.25) is 10.1 Å². The van der Waals surface area contributed by atoms with Gasteiger partial charge in [-0.05, 0) is 31.4 Å². The smallest absolute Gasteiger partial charge is 0.244 e. The molecule has 2 atom stereocenters.